The van der Waals surface area contributed by atoms with Crippen molar-refractivity contribution in [3.8, 4) is 0 Å². The van der Waals surface area contributed by atoms with Crippen molar-refractivity contribution in [3.63, 3.8) is 0 Å². The monoisotopic (exact) mass is 264 g/mol. The first-order valence-corrected chi connectivity index (χ1v) is 5.23. The molecule has 0 fully saturated rings. The molecular weight excluding hydrogens is 256 g/mol. The molecule has 0 aliphatic heterocycles. The Kier molecular flexibility index (Phi) is 2.44. The first-order chi connectivity index (χ1) is 7.09. The SMILES string of the molecule is Cc1c(Br)ccc2cc(C(N)=O)cnc12. The number of amides is 1. The highest BCUT2D eigenvalue weighted by molar-refractivity contribution is 9.10. The average Bonchev–Trinajstić information content (AvgIpc) is 2.23. The lowest BCUT2D eigenvalue weighted by molar-refractivity contribution is 0.1000. The van der Waals surface area contributed by atoms with Gasteiger partial charge in [-0.15, -0.1) is 0 Å². The third-order valence-corrected chi connectivity index (χ3v) is 3.18. The number of nitrogens with zero attached hydrogens (tertiary/aromatic N) is 1. The summed E-state index contributed by atoms with van der Waals surface area (Å²) in [4.78, 5) is 15.2. The van der Waals surface area contributed by atoms with Gasteiger partial charge < -0.3 is 5.73 Å². The van der Waals surface area contributed by atoms with Gasteiger partial charge in [0.2, 0.25) is 5.91 Å². The summed E-state index contributed by atoms with van der Waals surface area (Å²) in [6.45, 7) is 1.98. The maximum Gasteiger partial charge on any atom is 0.250 e. The van der Waals surface area contributed by atoms with E-state index in [1.165, 1.54) is 6.20 Å². The fourth-order valence-electron chi connectivity index (χ4n) is 1.46. The Morgan fingerprint density at radius 3 is 2.87 bits per heavy atom. The van der Waals surface area contributed by atoms with Crippen molar-refractivity contribution in [2.75, 3.05) is 0 Å². The van der Waals surface area contributed by atoms with Crippen LogP contribution in [0.4, 0.5) is 0 Å². The highest BCUT2D eigenvalue weighted by Crippen LogP contribution is 2.24. The Morgan fingerprint density at radius 1 is 1.47 bits per heavy atom. The van der Waals surface area contributed by atoms with Gasteiger partial charge >= 0.3 is 0 Å². The van der Waals surface area contributed by atoms with Gasteiger partial charge in [-0.2, -0.15) is 0 Å². The molecule has 1 aromatic heterocycles. The van der Waals surface area contributed by atoms with Gasteiger partial charge in [0.05, 0.1) is 11.1 Å². The van der Waals surface area contributed by atoms with E-state index in [-0.39, 0.29) is 0 Å². The second-order valence-corrected chi connectivity index (χ2v) is 4.19. The van der Waals surface area contributed by atoms with E-state index in [4.69, 9.17) is 5.73 Å². The largest absolute Gasteiger partial charge is 0.366 e. The Labute approximate surface area is 95.4 Å². The van der Waals surface area contributed by atoms with Gasteiger partial charge in [0.1, 0.15) is 0 Å². The van der Waals surface area contributed by atoms with Gasteiger partial charge in [0, 0.05) is 16.1 Å². The van der Waals surface area contributed by atoms with E-state index in [0.717, 1.165) is 20.9 Å². The van der Waals surface area contributed by atoms with Crippen LogP contribution in [0.25, 0.3) is 10.9 Å². The Balaban J connectivity index is 2.75. The van der Waals surface area contributed by atoms with Crippen LogP contribution in [0.2, 0.25) is 0 Å². The van der Waals surface area contributed by atoms with Crippen LogP contribution < -0.4 is 5.73 Å². The number of carbonyl (C=O) groups excluding carboxylic acids is 1. The maximum absolute atomic E-state index is 11.0. The van der Waals surface area contributed by atoms with Crippen LogP contribution in [0.3, 0.4) is 0 Å². The predicted octanol–water partition coefficient (Wildman–Crippen LogP) is 2.40. The predicted molar refractivity (Wildman–Crippen MR) is 62.7 cm³/mol. The van der Waals surface area contributed by atoms with Crippen molar-refractivity contribution in [2.45, 2.75) is 6.92 Å². The lowest BCUT2D eigenvalue weighted by Gasteiger charge is -2.04. The fourth-order valence-corrected chi connectivity index (χ4v) is 1.78. The molecule has 0 saturated carbocycles. The molecule has 0 spiro atoms. The second kappa shape index (κ2) is 3.62. The molecule has 1 amide bonds. The van der Waals surface area contributed by atoms with Gasteiger partial charge in [-0.3, -0.25) is 9.78 Å². The number of rotatable bonds is 1. The fraction of sp³-hybridized carbons (Fsp3) is 0.0909. The third kappa shape index (κ3) is 1.72. The third-order valence-electron chi connectivity index (χ3n) is 2.32. The number of nitrogens with two attached hydrogens (primary N) is 1. The molecule has 0 aliphatic rings. The van der Waals surface area contributed by atoms with Crippen LogP contribution in [0.1, 0.15) is 15.9 Å². The van der Waals surface area contributed by atoms with E-state index < -0.39 is 5.91 Å². The molecular formula is C11H9BrN2O. The summed E-state index contributed by atoms with van der Waals surface area (Å²) in [6, 6.07) is 5.60. The van der Waals surface area contributed by atoms with Gasteiger partial charge in [-0.25, -0.2) is 0 Å². The first kappa shape index (κ1) is 10.1. The number of benzene rings is 1. The maximum atomic E-state index is 11.0. The minimum atomic E-state index is -0.454. The van der Waals surface area contributed by atoms with Crippen LogP contribution in [-0.2, 0) is 0 Å². The number of aromatic nitrogens is 1. The summed E-state index contributed by atoms with van der Waals surface area (Å²) < 4.78 is 1.01. The zero-order valence-electron chi connectivity index (χ0n) is 8.12. The smallest absolute Gasteiger partial charge is 0.250 e. The van der Waals surface area contributed by atoms with E-state index in [2.05, 4.69) is 20.9 Å². The van der Waals surface area contributed by atoms with Crippen molar-refractivity contribution >= 4 is 32.7 Å². The molecule has 0 unspecified atom stereocenters. The van der Waals surface area contributed by atoms with E-state index in [1.54, 1.807) is 6.07 Å². The minimum absolute atomic E-state index is 0.434. The first-order valence-electron chi connectivity index (χ1n) is 4.44. The molecule has 0 aliphatic carbocycles. The van der Waals surface area contributed by atoms with E-state index in [1.807, 2.05) is 19.1 Å². The van der Waals surface area contributed by atoms with Crippen LogP contribution in [-0.4, -0.2) is 10.9 Å². The van der Waals surface area contributed by atoms with Gasteiger partial charge in [0.15, 0.2) is 0 Å². The number of primary amides is 1. The lowest BCUT2D eigenvalue weighted by atomic mass is 10.1. The lowest BCUT2D eigenvalue weighted by Crippen LogP contribution is -2.11. The van der Waals surface area contributed by atoms with Crippen molar-refractivity contribution in [3.05, 3.63) is 40.0 Å². The highest BCUT2D eigenvalue weighted by Gasteiger charge is 2.06. The number of carbonyl (C=O) groups is 1. The number of pyridine rings is 1. The average molecular weight is 265 g/mol. The highest BCUT2D eigenvalue weighted by atomic mass is 79.9. The summed E-state index contributed by atoms with van der Waals surface area (Å²) in [6.07, 6.45) is 1.50. The Morgan fingerprint density at radius 2 is 2.20 bits per heavy atom. The van der Waals surface area contributed by atoms with Crippen molar-refractivity contribution < 1.29 is 4.79 Å². The normalized spacial score (nSPS) is 10.5. The van der Waals surface area contributed by atoms with Gasteiger partial charge in [0.25, 0.3) is 0 Å². The zero-order chi connectivity index (χ0) is 11.0. The molecule has 1 aromatic carbocycles. The summed E-state index contributed by atoms with van der Waals surface area (Å²) in [5.74, 6) is -0.454. The zero-order valence-corrected chi connectivity index (χ0v) is 9.71. The van der Waals surface area contributed by atoms with E-state index in [0.29, 0.717) is 5.56 Å². The molecule has 2 N–H and O–H groups in total. The molecule has 4 heteroatoms. The molecule has 0 atom stereocenters. The molecule has 3 nitrogen and oxygen atoms in total. The summed E-state index contributed by atoms with van der Waals surface area (Å²) >= 11 is 3.43. The van der Waals surface area contributed by atoms with Crippen molar-refractivity contribution in [1.29, 1.82) is 0 Å². The molecule has 76 valence electrons. The van der Waals surface area contributed by atoms with Crippen LogP contribution >= 0.6 is 15.9 Å². The van der Waals surface area contributed by atoms with Crippen molar-refractivity contribution in [1.82, 2.24) is 4.98 Å². The number of hydrogen-bond donors (Lipinski definition) is 1. The molecule has 0 saturated heterocycles. The summed E-state index contributed by atoms with van der Waals surface area (Å²) in [7, 11) is 0. The van der Waals surface area contributed by atoms with Crippen LogP contribution in [0, 0.1) is 6.92 Å². The molecule has 0 bridgehead atoms. The van der Waals surface area contributed by atoms with E-state index in [9.17, 15) is 4.79 Å². The number of aryl methyl sites for hydroxylation is 1. The minimum Gasteiger partial charge on any atom is -0.366 e. The Bertz CT molecular complexity index is 552. The molecule has 0 radical (unpaired) electrons. The van der Waals surface area contributed by atoms with Gasteiger partial charge in [-0.05, 0) is 24.6 Å². The van der Waals surface area contributed by atoms with Crippen LogP contribution in [0.5, 0.6) is 0 Å². The molecule has 2 aromatic rings. The number of halogens is 1. The standard InChI is InChI=1S/C11H9BrN2O/c1-6-9(12)3-2-7-4-8(11(13)15)5-14-10(6)7/h2-5H,1H3,(H2,13,15). The molecule has 15 heavy (non-hydrogen) atoms. The molecule has 1 heterocycles. The second-order valence-electron chi connectivity index (χ2n) is 3.33. The quantitative estimate of drug-likeness (QED) is 0.860. The topological polar surface area (TPSA) is 56.0 Å². The summed E-state index contributed by atoms with van der Waals surface area (Å²) in [5.41, 5.74) is 7.56. The van der Waals surface area contributed by atoms with Crippen LogP contribution in [0.15, 0.2) is 28.9 Å². The number of fused-ring (bicyclic) bond motifs is 1. The van der Waals surface area contributed by atoms with Gasteiger partial charge in [-0.1, -0.05) is 22.0 Å². The summed E-state index contributed by atoms with van der Waals surface area (Å²) in [5, 5.41) is 0.923. The van der Waals surface area contributed by atoms with E-state index >= 15 is 0 Å². The Hall–Kier alpha value is -1.42. The van der Waals surface area contributed by atoms with Crippen molar-refractivity contribution in [2.24, 2.45) is 5.73 Å². The molecule has 2 rings (SSSR count). The number of hydrogen-bond acceptors (Lipinski definition) is 2.